The van der Waals surface area contributed by atoms with E-state index in [1.54, 1.807) is 12.1 Å². The number of aromatic nitrogens is 4. The largest absolute Gasteiger partial charge is 0.543 e. The average Bonchev–Trinajstić information content (AvgIpc) is 2.97. The van der Waals surface area contributed by atoms with Crippen molar-refractivity contribution in [3.05, 3.63) is 40.8 Å². The summed E-state index contributed by atoms with van der Waals surface area (Å²) in [4.78, 5) is 19.4. The lowest BCUT2D eigenvalue weighted by Gasteiger charge is -2.11. The van der Waals surface area contributed by atoms with Crippen molar-refractivity contribution in [3.63, 3.8) is 0 Å². The summed E-state index contributed by atoms with van der Waals surface area (Å²) in [6, 6.07) is 7.24. The van der Waals surface area contributed by atoms with Gasteiger partial charge in [-0.15, -0.1) is 0 Å². The Labute approximate surface area is 167 Å². The van der Waals surface area contributed by atoms with Crippen LogP contribution in [0.2, 0.25) is 5.28 Å². The van der Waals surface area contributed by atoms with Gasteiger partial charge in [-0.3, -0.25) is 4.68 Å². The fourth-order valence-electron chi connectivity index (χ4n) is 2.64. The van der Waals surface area contributed by atoms with Gasteiger partial charge in [-0.05, 0) is 36.2 Å². The number of benzene rings is 1. The maximum atomic E-state index is 12.2. The van der Waals surface area contributed by atoms with E-state index in [9.17, 15) is 23.1 Å². The monoisotopic (exact) mass is 428 g/mol. The van der Waals surface area contributed by atoms with E-state index in [1.807, 2.05) is 19.1 Å². The van der Waals surface area contributed by atoms with Crippen LogP contribution in [-0.2, 0) is 11.3 Å². The van der Waals surface area contributed by atoms with Crippen LogP contribution >= 0.6 is 11.6 Å². The molecule has 0 saturated carbocycles. The first-order valence-corrected chi connectivity index (χ1v) is 8.65. The summed E-state index contributed by atoms with van der Waals surface area (Å²) < 4.78 is 42.5. The van der Waals surface area contributed by atoms with Gasteiger partial charge >= 0.3 is 6.18 Å². The number of nitrogens with one attached hydrogen (secondary N) is 1. The molecule has 1 aromatic carbocycles. The number of aryl methyl sites for hydroxylation is 1. The summed E-state index contributed by atoms with van der Waals surface area (Å²) in [5.41, 5.74) is 1.13. The number of hydrogen-bond donors (Lipinski definition) is 1. The number of rotatable bonds is 7. The molecule has 12 heteroatoms. The second kappa shape index (κ2) is 8.21. The van der Waals surface area contributed by atoms with Gasteiger partial charge in [-0.25, -0.2) is 4.98 Å². The molecular weight excluding hydrogens is 415 g/mol. The number of carboxylic acid groups (broad SMARTS) is 1. The van der Waals surface area contributed by atoms with Crippen molar-refractivity contribution in [3.8, 4) is 0 Å². The fraction of sp³-hybridized carbons (Fsp3) is 0.294. The normalized spacial score (nSPS) is 11.8. The highest BCUT2D eigenvalue weighted by atomic mass is 35.5. The van der Waals surface area contributed by atoms with Crippen molar-refractivity contribution in [2.24, 2.45) is 0 Å². The minimum atomic E-state index is -4.48. The quantitative estimate of drug-likeness (QED) is 0.455. The Morgan fingerprint density at radius 2 is 2.10 bits per heavy atom. The van der Waals surface area contributed by atoms with Crippen LogP contribution < -0.4 is 10.4 Å². The molecule has 2 heterocycles. The Balaban J connectivity index is 2.00. The number of aromatic carboxylic acids is 1. The Bertz CT molecular complexity index is 1050. The maximum absolute atomic E-state index is 12.2. The van der Waals surface area contributed by atoms with E-state index in [1.165, 1.54) is 0 Å². The summed E-state index contributed by atoms with van der Waals surface area (Å²) in [6.45, 7) is -0.0942. The number of halogens is 4. The highest BCUT2D eigenvalue weighted by Gasteiger charge is 2.27. The summed E-state index contributed by atoms with van der Waals surface area (Å²) >= 11 is 5.92. The standard InChI is InChI=1S/C17H15ClF3N5O3/c1-9-3-2-4-10(7-9)22-14-13-11(23-16(18)24-14)12(15(27)28)25-26(13)5-6-29-8-17(19,20)21/h2-4,7H,5-6,8H2,1H3,(H,27,28)(H,22,23,24)/p-1. The first-order valence-electron chi connectivity index (χ1n) is 8.27. The Hall–Kier alpha value is -2.92. The summed E-state index contributed by atoms with van der Waals surface area (Å²) in [7, 11) is 0. The molecule has 0 radical (unpaired) electrons. The van der Waals surface area contributed by atoms with Crippen molar-refractivity contribution in [2.75, 3.05) is 18.5 Å². The lowest BCUT2D eigenvalue weighted by atomic mass is 10.2. The van der Waals surface area contributed by atoms with Gasteiger partial charge in [0, 0.05) is 5.69 Å². The predicted octanol–water partition coefficient (Wildman–Crippen LogP) is 2.47. The number of anilines is 2. The van der Waals surface area contributed by atoms with Crippen LogP contribution in [0.4, 0.5) is 24.7 Å². The maximum Gasteiger partial charge on any atom is 0.411 e. The molecule has 0 amide bonds. The van der Waals surface area contributed by atoms with Crippen LogP contribution in [0, 0.1) is 6.92 Å². The Morgan fingerprint density at radius 1 is 1.34 bits per heavy atom. The van der Waals surface area contributed by atoms with Crippen molar-refractivity contribution in [1.29, 1.82) is 0 Å². The topological polar surface area (TPSA) is 105 Å². The second-order valence-corrected chi connectivity index (χ2v) is 6.40. The first kappa shape index (κ1) is 20.8. The zero-order valence-corrected chi connectivity index (χ0v) is 15.7. The fourth-order valence-corrected chi connectivity index (χ4v) is 2.81. The zero-order chi connectivity index (χ0) is 21.2. The summed E-state index contributed by atoms with van der Waals surface area (Å²) in [6.07, 6.45) is -4.48. The van der Waals surface area contributed by atoms with E-state index in [2.05, 4.69) is 25.1 Å². The molecular formula is C17H14ClF3N5O3-. The average molecular weight is 429 g/mol. The van der Waals surface area contributed by atoms with Crippen LogP contribution in [0.15, 0.2) is 24.3 Å². The number of fused-ring (bicyclic) bond motifs is 1. The molecule has 0 aliphatic heterocycles. The smallest absolute Gasteiger partial charge is 0.411 e. The summed E-state index contributed by atoms with van der Waals surface area (Å²) in [5.74, 6) is -1.47. The number of carboxylic acids is 1. The molecule has 1 N–H and O–H groups in total. The number of ether oxygens (including phenoxy) is 1. The molecule has 0 spiro atoms. The lowest BCUT2D eigenvalue weighted by molar-refractivity contribution is -0.255. The van der Waals surface area contributed by atoms with Gasteiger partial charge in [0.2, 0.25) is 5.28 Å². The minimum absolute atomic E-state index is 0.101. The van der Waals surface area contributed by atoms with Crippen LogP contribution in [-0.4, -0.2) is 45.1 Å². The molecule has 0 bridgehead atoms. The van der Waals surface area contributed by atoms with Gasteiger partial charge in [0.1, 0.15) is 23.3 Å². The van der Waals surface area contributed by atoms with E-state index in [0.717, 1.165) is 10.2 Å². The highest BCUT2D eigenvalue weighted by Crippen LogP contribution is 2.28. The Morgan fingerprint density at radius 3 is 2.76 bits per heavy atom. The van der Waals surface area contributed by atoms with Crippen LogP contribution in [0.1, 0.15) is 16.1 Å². The molecule has 2 aromatic heterocycles. The Kier molecular flexibility index (Phi) is 5.89. The number of carbonyl (C=O) groups is 1. The molecule has 0 saturated heterocycles. The number of alkyl halides is 3. The number of nitrogens with zero attached hydrogens (tertiary/aromatic N) is 4. The third-order valence-electron chi connectivity index (χ3n) is 3.75. The third kappa shape index (κ3) is 5.12. The molecule has 0 aliphatic carbocycles. The van der Waals surface area contributed by atoms with Gasteiger partial charge in [-0.1, -0.05) is 12.1 Å². The minimum Gasteiger partial charge on any atom is -0.543 e. The van der Waals surface area contributed by atoms with Crippen LogP contribution in [0.25, 0.3) is 11.0 Å². The number of hydrogen-bond acceptors (Lipinski definition) is 7. The second-order valence-electron chi connectivity index (χ2n) is 6.06. The van der Waals surface area contributed by atoms with Gasteiger partial charge in [0.05, 0.1) is 19.1 Å². The first-order chi connectivity index (χ1) is 13.6. The van der Waals surface area contributed by atoms with E-state index >= 15 is 0 Å². The predicted molar refractivity (Wildman–Crippen MR) is 96.0 cm³/mol. The summed E-state index contributed by atoms with van der Waals surface area (Å²) in [5, 5.41) is 18.1. The van der Waals surface area contributed by atoms with Crippen LogP contribution in [0.3, 0.4) is 0 Å². The molecule has 0 unspecified atom stereocenters. The van der Waals surface area contributed by atoms with Crippen molar-refractivity contribution in [2.45, 2.75) is 19.6 Å². The molecule has 8 nitrogen and oxygen atoms in total. The SMILES string of the molecule is Cc1cccc(Nc2nc(Cl)nc3c(C(=O)[O-])nn(CCOCC(F)(F)F)c23)c1. The van der Waals surface area contributed by atoms with Gasteiger partial charge < -0.3 is 20.0 Å². The van der Waals surface area contributed by atoms with E-state index in [-0.39, 0.29) is 35.3 Å². The van der Waals surface area contributed by atoms with E-state index in [4.69, 9.17) is 11.6 Å². The van der Waals surface area contributed by atoms with Gasteiger partial charge in [0.25, 0.3) is 0 Å². The van der Waals surface area contributed by atoms with E-state index < -0.39 is 24.4 Å². The third-order valence-corrected chi connectivity index (χ3v) is 3.92. The van der Waals surface area contributed by atoms with Crippen molar-refractivity contribution >= 4 is 40.1 Å². The highest BCUT2D eigenvalue weighted by molar-refractivity contribution is 6.29. The molecule has 3 aromatic rings. The van der Waals surface area contributed by atoms with Crippen molar-refractivity contribution in [1.82, 2.24) is 19.7 Å². The lowest BCUT2D eigenvalue weighted by Crippen LogP contribution is -2.23. The van der Waals surface area contributed by atoms with Crippen LogP contribution in [0.5, 0.6) is 0 Å². The molecule has 0 aliphatic rings. The van der Waals surface area contributed by atoms with Gasteiger partial charge in [0.15, 0.2) is 5.82 Å². The van der Waals surface area contributed by atoms with E-state index in [0.29, 0.717) is 5.69 Å². The molecule has 29 heavy (non-hydrogen) atoms. The molecule has 0 fully saturated rings. The van der Waals surface area contributed by atoms with Crippen molar-refractivity contribution < 1.29 is 27.8 Å². The van der Waals surface area contributed by atoms with Gasteiger partial charge in [-0.2, -0.15) is 23.3 Å². The number of carbonyl (C=O) groups excluding carboxylic acids is 1. The molecule has 154 valence electrons. The zero-order valence-electron chi connectivity index (χ0n) is 15.0. The molecule has 0 atom stereocenters. The molecule has 3 rings (SSSR count).